The summed E-state index contributed by atoms with van der Waals surface area (Å²) in [6.07, 6.45) is -4.95. The lowest BCUT2D eigenvalue weighted by atomic mass is 10.1. The molecule has 4 fully saturated rings. The Kier molecular flexibility index (Phi) is 9.09. The molecule has 10 atom stereocenters. The smallest absolute Gasteiger partial charge is 0.329 e. The average molecular weight is 653 g/mol. The Morgan fingerprint density at radius 3 is 1.78 bits per heavy atom. The number of rotatable bonds is 12. The van der Waals surface area contributed by atoms with E-state index < -0.39 is 78.7 Å². The maximum absolute atomic E-state index is 14.0. The lowest BCUT2D eigenvalue weighted by Crippen LogP contribution is -2.46. The van der Waals surface area contributed by atoms with Crippen molar-refractivity contribution in [1.29, 1.82) is 0 Å². The zero-order valence-corrected chi connectivity index (χ0v) is 26.5. The molecule has 5 heterocycles. The number of halogens is 1. The lowest BCUT2D eigenvalue weighted by molar-refractivity contribution is -0.229. The SMILES string of the molecule is C=CCO[C@@H]1[C@H]([C@@H](O)Cn2c(=O)n(C[C@@H](O)[C@@H]3O[C@H]4OC(C)(C)O[C@H]4[C@@H]3OCC=C)c3ccc(Cl)cc32)O[C@@H]2OC(C)(C)O[C@@H]21. The zero-order valence-electron chi connectivity index (χ0n) is 25.7. The van der Waals surface area contributed by atoms with Gasteiger partial charge in [0.25, 0.3) is 0 Å². The van der Waals surface area contributed by atoms with Crippen molar-refractivity contribution >= 4 is 22.6 Å². The van der Waals surface area contributed by atoms with Gasteiger partial charge in [-0.25, -0.2) is 4.79 Å². The second-order valence-electron chi connectivity index (χ2n) is 12.6. The Morgan fingerprint density at radius 2 is 1.31 bits per heavy atom. The largest absolute Gasteiger partial charge is 0.388 e. The molecule has 1 aromatic carbocycles. The van der Waals surface area contributed by atoms with Crippen LogP contribution in [0.15, 0.2) is 48.3 Å². The summed E-state index contributed by atoms with van der Waals surface area (Å²) in [5.74, 6) is -1.76. The first-order chi connectivity index (χ1) is 21.3. The molecule has 0 amide bonds. The summed E-state index contributed by atoms with van der Waals surface area (Å²) in [5, 5.41) is 23.3. The van der Waals surface area contributed by atoms with Gasteiger partial charge in [-0.2, -0.15) is 0 Å². The third-order valence-corrected chi connectivity index (χ3v) is 8.58. The van der Waals surface area contributed by atoms with E-state index in [1.54, 1.807) is 58.0 Å². The van der Waals surface area contributed by atoms with Crippen LogP contribution in [-0.2, 0) is 51.0 Å². The van der Waals surface area contributed by atoms with E-state index in [9.17, 15) is 15.0 Å². The summed E-state index contributed by atoms with van der Waals surface area (Å²) in [6, 6.07) is 4.98. The molecule has 248 valence electrons. The minimum absolute atomic E-state index is 0.145. The van der Waals surface area contributed by atoms with Crippen molar-refractivity contribution in [2.24, 2.45) is 0 Å². The first-order valence-corrected chi connectivity index (χ1v) is 15.4. The molecule has 0 spiro atoms. The van der Waals surface area contributed by atoms with Crippen molar-refractivity contribution in [3.63, 3.8) is 0 Å². The second kappa shape index (κ2) is 12.5. The highest BCUT2D eigenvalue weighted by Gasteiger charge is 2.58. The van der Waals surface area contributed by atoms with Crippen molar-refractivity contribution in [3.05, 3.63) is 59.0 Å². The number of nitrogens with zero attached hydrogens (tertiary/aromatic N) is 2. The number of hydrogen-bond donors (Lipinski definition) is 2. The van der Waals surface area contributed by atoms with Gasteiger partial charge in [-0.15, -0.1) is 13.2 Å². The molecule has 4 aliphatic heterocycles. The molecular weight excluding hydrogens is 612 g/mol. The quantitative estimate of drug-likeness (QED) is 0.326. The summed E-state index contributed by atoms with van der Waals surface area (Å²) in [6.45, 7) is 14.6. The third kappa shape index (κ3) is 6.29. The van der Waals surface area contributed by atoms with Crippen LogP contribution < -0.4 is 5.69 Å². The van der Waals surface area contributed by atoms with Crippen LogP contribution in [0.4, 0.5) is 0 Å². The number of benzene rings is 1. The molecule has 6 rings (SSSR count). The highest BCUT2D eigenvalue weighted by molar-refractivity contribution is 6.31. The first kappa shape index (κ1) is 32.8. The number of imidazole rings is 1. The molecule has 4 aliphatic rings. The molecule has 2 N–H and O–H groups in total. The third-order valence-electron chi connectivity index (χ3n) is 8.35. The van der Waals surface area contributed by atoms with Crippen LogP contribution in [0.3, 0.4) is 0 Å². The van der Waals surface area contributed by atoms with Gasteiger partial charge in [0, 0.05) is 5.02 Å². The Morgan fingerprint density at radius 1 is 0.844 bits per heavy atom. The normalized spacial score (nSPS) is 34.6. The van der Waals surface area contributed by atoms with E-state index in [0.717, 1.165) is 0 Å². The number of fused-ring (bicyclic) bond motifs is 3. The Balaban J connectivity index is 1.25. The zero-order chi connectivity index (χ0) is 32.3. The summed E-state index contributed by atoms with van der Waals surface area (Å²) >= 11 is 6.35. The van der Waals surface area contributed by atoms with Crippen molar-refractivity contribution in [2.75, 3.05) is 13.2 Å². The summed E-state index contributed by atoms with van der Waals surface area (Å²) < 4.78 is 50.6. The maximum Gasteiger partial charge on any atom is 0.329 e. The molecule has 0 bridgehead atoms. The number of hydrogen-bond acceptors (Lipinski definition) is 11. The van der Waals surface area contributed by atoms with E-state index in [1.807, 2.05) is 0 Å². The van der Waals surface area contributed by atoms with Gasteiger partial charge in [-0.05, 0) is 45.9 Å². The topological polar surface area (TPSA) is 141 Å². The minimum atomic E-state index is -1.20. The number of ether oxygens (including phenoxy) is 8. The Bertz CT molecular complexity index is 1470. The van der Waals surface area contributed by atoms with E-state index in [2.05, 4.69) is 13.2 Å². The maximum atomic E-state index is 14.0. The fourth-order valence-electron chi connectivity index (χ4n) is 6.59. The fourth-order valence-corrected chi connectivity index (χ4v) is 6.76. The predicted molar refractivity (Wildman–Crippen MR) is 160 cm³/mol. The Hall–Kier alpha value is -2.14. The van der Waals surface area contributed by atoms with Gasteiger partial charge in [-0.3, -0.25) is 9.13 Å². The van der Waals surface area contributed by atoms with Crippen LogP contribution in [0.25, 0.3) is 11.0 Å². The molecule has 0 saturated carbocycles. The first-order valence-electron chi connectivity index (χ1n) is 15.0. The molecule has 2 aromatic rings. The van der Waals surface area contributed by atoms with Crippen LogP contribution in [0.2, 0.25) is 5.02 Å². The molecule has 45 heavy (non-hydrogen) atoms. The molecule has 13 nitrogen and oxygen atoms in total. The highest BCUT2D eigenvalue weighted by Crippen LogP contribution is 2.41. The van der Waals surface area contributed by atoms with Gasteiger partial charge in [-0.1, -0.05) is 23.8 Å². The molecule has 1 aromatic heterocycles. The van der Waals surface area contributed by atoms with Gasteiger partial charge in [0.05, 0.1) is 37.3 Å². The van der Waals surface area contributed by atoms with E-state index in [1.165, 1.54) is 9.13 Å². The van der Waals surface area contributed by atoms with Crippen LogP contribution in [-0.4, -0.2) is 106 Å². The van der Waals surface area contributed by atoms with Crippen molar-refractivity contribution < 1.29 is 48.1 Å². The number of aliphatic hydroxyl groups is 2. The van der Waals surface area contributed by atoms with Crippen molar-refractivity contribution in [3.8, 4) is 0 Å². The van der Waals surface area contributed by atoms with E-state index in [4.69, 9.17) is 49.5 Å². The molecular formula is C31H41ClN2O11. The molecule has 0 radical (unpaired) electrons. The van der Waals surface area contributed by atoms with Crippen LogP contribution in [0.1, 0.15) is 27.7 Å². The Labute approximate surface area is 265 Å². The van der Waals surface area contributed by atoms with E-state index in [0.29, 0.717) is 16.1 Å². The fraction of sp³-hybridized carbons (Fsp3) is 0.645. The monoisotopic (exact) mass is 652 g/mol. The summed E-state index contributed by atoms with van der Waals surface area (Å²) in [4.78, 5) is 14.0. The van der Waals surface area contributed by atoms with Crippen LogP contribution in [0, 0.1) is 0 Å². The minimum Gasteiger partial charge on any atom is -0.388 e. The standard InChI is InChI=1S/C31H41ClN2O11/c1-7-11-38-23-21(40-27-25(23)42-30(3,4)44-27)19(35)14-33-17-10-9-16(32)13-18(17)34(29(33)37)15-20(36)22-24(39-12-8-2)26-28(41-22)45-31(5,6)43-26/h7-10,13,19-28,35-36H,1-2,11-12,14-15H2,3-6H3/t19-,20+,21+,22+,23-,24-,25+,26-,27+,28-/m1/s1. The lowest BCUT2D eigenvalue weighted by Gasteiger charge is -2.28. The second-order valence-corrected chi connectivity index (χ2v) is 13.0. The number of aliphatic hydroxyl groups excluding tert-OH is 2. The van der Waals surface area contributed by atoms with Gasteiger partial charge in [0.2, 0.25) is 0 Å². The summed E-state index contributed by atoms with van der Waals surface area (Å²) in [5.41, 5.74) is 0.491. The molecule has 14 heteroatoms. The molecule has 4 saturated heterocycles. The summed E-state index contributed by atoms with van der Waals surface area (Å²) in [7, 11) is 0. The van der Waals surface area contributed by atoms with Crippen molar-refractivity contribution in [1.82, 2.24) is 9.13 Å². The van der Waals surface area contributed by atoms with E-state index in [-0.39, 0.29) is 26.3 Å². The highest BCUT2D eigenvalue weighted by atomic mass is 35.5. The van der Waals surface area contributed by atoms with Gasteiger partial charge < -0.3 is 48.1 Å². The molecule has 0 aliphatic carbocycles. The van der Waals surface area contributed by atoms with Gasteiger partial charge in [0.1, 0.15) is 48.8 Å². The average Bonchev–Trinajstić information content (AvgIpc) is 3.70. The number of aromatic nitrogens is 2. The van der Waals surface area contributed by atoms with Gasteiger partial charge in [0.15, 0.2) is 24.2 Å². The predicted octanol–water partition coefficient (Wildman–Crippen LogP) is 2.07. The van der Waals surface area contributed by atoms with Gasteiger partial charge >= 0.3 is 5.69 Å². The molecule has 0 unspecified atom stereocenters. The van der Waals surface area contributed by atoms with E-state index >= 15 is 0 Å². The van der Waals surface area contributed by atoms with Crippen molar-refractivity contribution in [2.45, 2.75) is 114 Å². The van der Waals surface area contributed by atoms with Crippen LogP contribution >= 0.6 is 11.6 Å². The van der Waals surface area contributed by atoms with Crippen LogP contribution in [0.5, 0.6) is 0 Å².